The van der Waals surface area contributed by atoms with E-state index in [0.717, 1.165) is 18.7 Å². The van der Waals surface area contributed by atoms with Crippen molar-refractivity contribution >= 4 is 16.9 Å². The summed E-state index contributed by atoms with van der Waals surface area (Å²) in [4.78, 5) is 22.6. The summed E-state index contributed by atoms with van der Waals surface area (Å²) in [5.74, 6) is 2.45. The van der Waals surface area contributed by atoms with Gasteiger partial charge in [0.1, 0.15) is 5.75 Å². The van der Waals surface area contributed by atoms with Gasteiger partial charge in [-0.25, -0.2) is 4.98 Å². The number of anilines is 1. The molecule has 0 spiro atoms. The molecule has 0 radical (unpaired) electrons. The third kappa shape index (κ3) is 3.75. The Morgan fingerprint density at radius 2 is 1.70 bits per heavy atom. The number of rotatable bonds is 5. The molecule has 3 aromatic carbocycles. The van der Waals surface area contributed by atoms with Gasteiger partial charge in [0.05, 0.1) is 32.2 Å². The maximum absolute atomic E-state index is 12.8. The first kappa shape index (κ1) is 20.9. The number of nitrogens with one attached hydrogen (secondary N) is 1. The van der Waals surface area contributed by atoms with Gasteiger partial charge in [-0.05, 0) is 46.9 Å². The Balaban J connectivity index is 1.49. The Bertz CT molecular complexity index is 1380. The molecule has 0 saturated carbocycles. The average Bonchev–Trinajstić information content (AvgIpc) is 2.87. The first-order chi connectivity index (χ1) is 16.1. The molecule has 168 valence electrons. The molecular formula is C26H25N3O4. The number of methoxy groups -OCH3 is 3. The predicted molar refractivity (Wildman–Crippen MR) is 129 cm³/mol. The van der Waals surface area contributed by atoms with E-state index in [0.29, 0.717) is 34.9 Å². The van der Waals surface area contributed by atoms with Gasteiger partial charge < -0.3 is 19.1 Å². The van der Waals surface area contributed by atoms with Gasteiger partial charge in [0.25, 0.3) is 5.56 Å². The number of hydrogen-bond donors (Lipinski definition) is 1. The summed E-state index contributed by atoms with van der Waals surface area (Å²) < 4.78 is 16.0. The summed E-state index contributed by atoms with van der Waals surface area (Å²) in [5, 5.41) is 0.468. The van der Waals surface area contributed by atoms with Crippen LogP contribution < -0.4 is 24.7 Å². The molecule has 0 aliphatic carbocycles. The molecule has 0 fully saturated rings. The summed E-state index contributed by atoms with van der Waals surface area (Å²) in [6, 6.07) is 17.9. The van der Waals surface area contributed by atoms with E-state index in [9.17, 15) is 4.79 Å². The maximum atomic E-state index is 12.8. The summed E-state index contributed by atoms with van der Waals surface area (Å²) in [7, 11) is 4.79. The number of aromatic amines is 1. The molecule has 0 atom stereocenters. The van der Waals surface area contributed by atoms with E-state index in [-0.39, 0.29) is 5.56 Å². The Kier molecular flexibility index (Phi) is 5.38. The van der Waals surface area contributed by atoms with Crippen LogP contribution in [0.15, 0.2) is 59.4 Å². The van der Waals surface area contributed by atoms with Crippen molar-refractivity contribution in [2.24, 2.45) is 0 Å². The fourth-order valence-corrected chi connectivity index (χ4v) is 4.43. The van der Waals surface area contributed by atoms with Crippen LogP contribution in [0.25, 0.3) is 22.0 Å². The second kappa shape index (κ2) is 8.50. The van der Waals surface area contributed by atoms with Crippen molar-refractivity contribution in [3.8, 4) is 28.4 Å². The van der Waals surface area contributed by atoms with Gasteiger partial charge in [-0.15, -0.1) is 0 Å². The van der Waals surface area contributed by atoms with Gasteiger partial charge in [-0.3, -0.25) is 9.78 Å². The molecule has 5 rings (SSSR count). The van der Waals surface area contributed by atoms with E-state index in [1.54, 1.807) is 33.5 Å². The fraction of sp³-hybridized carbons (Fsp3) is 0.231. The van der Waals surface area contributed by atoms with E-state index in [2.05, 4.69) is 40.2 Å². The zero-order valence-corrected chi connectivity index (χ0v) is 18.8. The lowest BCUT2D eigenvalue weighted by Gasteiger charge is -2.30. The predicted octanol–water partition coefficient (Wildman–Crippen LogP) is 4.18. The highest BCUT2D eigenvalue weighted by atomic mass is 16.5. The highest BCUT2D eigenvalue weighted by Crippen LogP contribution is 2.33. The lowest BCUT2D eigenvalue weighted by Crippen LogP contribution is -2.33. The van der Waals surface area contributed by atoms with Crippen molar-refractivity contribution in [3.05, 3.63) is 76.1 Å². The summed E-state index contributed by atoms with van der Waals surface area (Å²) in [5.41, 5.74) is 5.32. The van der Waals surface area contributed by atoms with Crippen molar-refractivity contribution in [2.75, 3.05) is 32.8 Å². The van der Waals surface area contributed by atoms with Crippen LogP contribution in [-0.4, -0.2) is 37.8 Å². The molecule has 0 amide bonds. The SMILES string of the molecule is COc1ccc(-c2cccc3c2CCN(c2nc4cc(OC)c(OC)cc4c(=O)[nH]2)C3)cc1. The molecule has 1 aliphatic heterocycles. The lowest BCUT2D eigenvalue weighted by molar-refractivity contribution is 0.355. The third-order valence-electron chi connectivity index (χ3n) is 6.16. The fourth-order valence-electron chi connectivity index (χ4n) is 4.43. The molecule has 0 bridgehead atoms. The molecule has 1 aromatic heterocycles. The monoisotopic (exact) mass is 443 g/mol. The van der Waals surface area contributed by atoms with Gasteiger partial charge in [0.2, 0.25) is 5.95 Å². The zero-order valence-electron chi connectivity index (χ0n) is 18.8. The smallest absolute Gasteiger partial charge is 0.260 e. The van der Waals surface area contributed by atoms with Gasteiger partial charge in [0.15, 0.2) is 11.5 Å². The molecule has 33 heavy (non-hydrogen) atoms. The number of benzene rings is 3. The van der Waals surface area contributed by atoms with Crippen LogP contribution in [0.2, 0.25) is 0 Å². The molecule has 1 aliphatic rings. The van der Waals surface area contributed by atoms with Crippen LogP contribution in [-0.2, 0) is 13.0 Å². The maximum Gasteiger partial charge on any atom is 0.260 e. The van der Waals surface area contributed by atoms with Crippen molar-refractivity contribution in [3.63, 3.8) is 0 Å². The van der Waals surface area contributed by atoms with Gasteiger partial charge in [-0.1, -0.05) is 30.3 Å². The van der Waals surface area contributed by atoms with Crippen LogP contribution in [0.3, 0.4) is 0 Å². The van der Waals surface area contributed by atoms with Crippen LogP contribution in [0, 0.1) is 0 Å². The number of H-pyrrole nitrogens is 1. The van der Waals surface area contributed by atoms with Crippen molar-refractivity contribution in [1.29, 1.82) is 0 Å². The Labute approximate surface area is 191 Å². The molecule has 7 nitrogen and oxygen atoms in total. The van der Waals surface area contributed by atoms with Crippen molar-refractivity contribution in [2.45, 2.75) is 13.0 Å². The molecule has 4 aromatic rings. The number of aromatic nitrogens is 2. The number of hydrogen-bond acceptors (Lipinski definition) is 6. The number of fused-ring (bicyclic) bond motifs is 2. The minimum absolute atomic E-state index is 0.200. The third-order valence-corrected chi connectivity index (χ3v) is 6.16. The van der Waals surface area contributed by atoms with Crippen LogP contribution in [0.5, 0.6) is 17.2 Å². The molecule has 2 heterocycles. The van der Waals surface area contributed by atoms with E-state index in [4.69, 9.17) is 19.2 Å². The minimum Gasteiger partial charge on any atom is -0.497 e. The zero-order chi connectivity index (χ0) is 22.9. The van der Waals surface area contributed by atoms with Gasteiger partial charge in [-0.2, -0.15) is 0 Å². The Hall–Kier alpha value is -4.00. The molecular weight excluding hydrogens is 418 g/mol. The van der Waals surface area contributed by atoms with Gasteiger partial charge in [0, 0.05) is 19.2 Å². The standard InChI is InChI=1S/C26H25N3O4/c1-31-18-9-7-16(8-10-18)19-6-4-5-17-15-29(12-11-20(17)19)26-27-22-14-24(33-3)23(32-2)13-21(22)25(30)28-26/h4-10,13-14H,11-12,15H2,1-3H3,(H,27,28,30). The number of ether oxygens (including phenoxy) is 3. The van der Waals surface area contributed by atoms with E-state index >= 15 is 0 Å². The molecule has 7 heteroatoms. The average molecular weight is 444 g/mol. The van der Waals surface area contributed by atoms with Crippen LogP contribution in [0.1, 0.15) is 11.1 Å². The van der Waals surface area contributed by atoms with Gasteiger partial charge >= 0.3 is 0 Å². The Morgan fingerprint density at radius 3 is 2.42 bits per heavy atom. The van der Waals surface area contributed by atoms with E-state index in [1.807, 2.05) is 12.1 Å². The quantitative estimate of drug-likeness (QED) is 0.499. The first-order valence-corrected chi connectivity index (χ1v) is 10.8. The van der Waals surface area contributed by atoms with Crippen LogP contribution >= 0.6 is 0 Å². The summed E-state index contributed by atoms with van der Waals surface area (Å²) in [6.07, 6.45) is 0.852. The minimum atomic E-state index is -0.200. The van der Waals surface area contributed by atoms with Crippen molar-refractivity contribution < 1.29 is 14.2 Å². The lowest BCUT2D eigenvalue weighted by atomic mass is 9.91. The second-order valence-corrected chi connectivity index (χ2v) is 7.96. The first-order valence-electron chi connectivity index (χ1n) is 10.8. The largest absolute Gasteiger partial charge is 0.497 e. The highest BCUT2D eigenvalue weighted by molar-refractivity contribution is 5.83. The van der Waals surface area contributed by atoms with Crippen molar-refractivity contribution in [1.82, 2.24) is 9.97 Å². The second-order valence-electron chi connectivity index (χ2n) is 7.96. The summed E-state index contributed by atoms with van der Waals surface area (Å²) in [6.45, 7) is 1.42. The molecule has 1 N–H and O–H groups in total. The topological polar surface area (TPSA) is 76.7 Å². The molecule has 0 saturated heterocycles. The molecule has 0 unspecified atom stereocenters. The van der Waals surface area contributed by atoms with Crippen LogP contribution in [0.4, 0.5) is 5.95 Å². The summed E-state index contributed by atoms with van der Waals surface area (Å²) >= 11 is 0. The van der Waals surface area contributed by atoms with E-state index in [1.165, 1.54) is 22.3 Å². The van der Waals surface area contributed by atoms with E-state index < -0.39 is 0 Å². The highest BCUT2D eigenvalue weighted by Gasteiger charge is 2.22. The normalized spacial score (nSPS) is 13.0. The number of nitrogens with zero attached hydrogens (tertiary/aromatic N) is 2. The Morgan fingerprint density at radius 1 is 0.939 bits per heavy atom.